The Labute approximate surface area is 62.4 Å². The average Bonchev–Trinajstić information content (AvgIpc) is 2.03. The maximum atomic E-state index is 10.0. The van der Waals surface area contributed by atoms with Crippen molar-refractivity contribution in [2.24, 2.45) is 0 Å². The van der Waals surface area contributed by atoms with E-state index >= 15 is 0 Å². The van der Waals surface area contributed by atoms with Gasteiger partial charge in [-0.25, -0.2) is 9.78 Å². The molecule has 1 rings (SSSR count). The number of hydrogen-bond acceptors (Lipinski definition) is 4. The minimum atomic E-state index is -1.02. The van der Waals surface area contributed by atoms with Gasteiger partial charge in [-0.3, -0.25) is 0 Å². The molecule has 56 valence electrons. The third kappa shape index (κ3) is 2.53. The zero-order valence-electron chi connectivity index (χ0n) is 5.51. The predicted octanol–water partition coefficient (Wildman–Crippen LogP) is -0.0306. The zero-order valence-corrected chi connectivity index (χ0v) is 5.51. The van der Waals surface area contributed by atoms with Crippen LogP contribution in [0.5, 0.6) is 0 Å². The Morgan fingerprint density at radius 3 is 3.00 bits per heavy atom. The first-order chi connectivity index (χ1) is 5.29. The van der Waals surface area contributed by atoms with Crippen molar-refractivity contribution in [3.8, 4) is 0 Å². The summed E-state index contributed by atoms with van der Waals surface area (Å²) in [7, 11) is 0. The SMILES string of the molecule is O=C(O)C=Cc1cncnn1. The first-order valence-corrected chi connectivity index (χ1v) is 2.83. The van der Waals surface area contributed by atoms with Crippen LogP contribution < -0.4 is 0 Å². The molecule has 0 fully saturated rings. The lowest BCUT2D eigenvalue weighted by Gasteiger charge is -1.85. The Bertz CT molecular complexity index is 270. The van der Waals surface area contributed by atoms with Gasteiger partial charge in [-0.15, -0.1) is 10.2 Å². The summed E-state index contributed by atoms with van der Waals surface area (Å²) in [5, 5.41) is 15.3. The van der Waals surface area contributed by atoms with Gasteiger partial charge in [-0.1, -0.05) is 0 Å². The maximum Gasteiger partial charge on any atom is 0.328 e. The molecule has 0 aromatic carbocycles. The van der Waals surface area contributed by atoms with Crippen LogP contribution in [-0.2, 0) is 4.79 Å². The van der Waals surface area contributed by atoms with E-state index in [1.165, 1.54) is 18.6 Å². The maximum absolute atomic E-state index is 10.0. The summed E-state index contributed by atoms with van der Waals surface area (Å²) < 4.78 is 0. The van der Waals surface area contributed by atoms with Gasteiger partial charge in [0.1, 0.15) is 12.0 Å². The molecule has 0 amide bonds. The van der Waals surface area contributed by atoms with Crippen LogP contribution >= 0.6 is 0 Å². The summed E-state index contributed by atoms with van der Waals surface area (Å²) >= 11 is 0. The van der Waals surface area contributed by atoms with E-state index in [9.17, 15) is 4.79 Å². The lowest BCUT2D eigenvalue weighted by molar-refractivity contribution is -0.131. The van der Waals surface area contributed by atoms with Gasteiger partial charge in [-0.2, -0.15) is 0 Å². The monoisotopic (exact) mass is 151 g/mol. The van der Waals surface area contributed by atoms with Crippen LogP contribution in [0.1, 0.15) is 5.69 Å². The molecule has 0 radical (unpaired) electrons. The Kier molecular flexibility index (Phi) is 2.27. The molecule has 0 aliphatic carbocycles. The second-order valence-electron chi connectivity index (χ2n) is 1.71. The highest BCUT2D eigenvalue weighted by Crippen LogP contribution is 1.90. The van der Waals surface area contributed by atoms with Gasteiger partial charge in [0.25, 0.3) is 0 Å². The molecule has 1 N–H and O–H groups in total. The molecule has 11 heavy (non-hydrogen) atoms. The van der Waals surface area contributed by atoms with E-state index in [1.54, 1.807) is 0 Å². The third-order valence-corrected chi connectivity index (χ3v) is 0.895. The Morgan fingerprint density at radius 2 is 2.45 bits per heavy atom. The first kappa shape index (κ1) is 7.33. The summed E-state index contributed by atoms with van der Waals surface area (Å²) in [6.07, 6.45) is 5.00. The van der Waals surface area contributed by atoms with Crippen LogP contribution in [0.2, 0.25) is 0 Å². The van der Waals surface area contributed by atoms with Crippen LogP contribution in [0, 0.1) is 0 Å². The molecule has 5 nitrogen and oxygen atoms in total. The van der Waals surface area contributed by atoms with Crippen molar-refractivity contribution in [1.29, 1.82) is 0 Å². The molecule has 0 spiro atoms. The molecule has 0 bridgehead atoms. The van der Waals surface area contributed by atoms with Crippen molar-refractivity contribution >= 4 is 12.0 Å². The summed E-state index contributed by atoms with van der Waals surface area (Å²) in [4.78, 5) is 13.7. The molecule has 0 saturated carbocycles. The topological polar surface area (TPSA) is 76.0 Å². The van der Waals surface area contributed by atoms with Crippen LogP contribution in [0.15, 0.2) is 18.6 Å². The molecule has 5 heteroatoms. The molecule has 0 atom stereocenters. The fraction of sp³-hybridized carbons (Fsp3) is 0. The van der Waals surface area contributed by atoms with Gasteiger partial charge >= 0.3 is 5.97 Å². The molecular formula is C6H5N3O2. The van der Waals surface area contributed by atoms with Crippen LogP contribution in [0.4, 0.5) is 0 Å². The number of carbonyl (C=O) groups is 1. The highest BCUT2D eigenvalue weighted by molar-refractivity contribution is 5.84. The van der Waals surface area contributed by atoms with Crippen molar-refractivity contribution in [2.75, 3.05) is 0 Å². The third-order valence-electron chi connectivity index (χ3n) is 0.895. The van der Waals surface area contributed by atoms with Gasteiger partial charge in [0.2, 0.25) is 0 Å². The molecular weight excluding hydrogens is 146 g/mol. The summed E-state index contributed by atoms with van der Waals surface area (Å²) in [6.45, 7) is 0. The Hall–Kier alpha value is -1.78. The van der Waals surface area contributed by atoms with Crippen molar-refractivity contribution in [1.82, 2.24) is 15.2 Å². The summed E-state index contributed by atoms with van der Waals surface area (Å²) in [6, 6.07) is 0. The van der Waals surface area contributed by atoms with E-state index in [2.05, 4.69) is 15.2 Å². The summed E-state index contributed by atoms with van der Waals surface area (Å²) in [5.41, 5.74) is 0.426. The second kappa shape index (κ2) is 3.40. The van der Waals surface area contributed by atoms with Crippen molar-refractivity contribution in [2.45, 2.75) is 0 Å². The molecule has 1 heterocycles. The molecule has 1 aromatic rings. The van der Waals surface area contributed by atoms with Crippen LogP contribution in [0.25, 0.3) is 6.08 Å². The van der Waals surface area contributed by atoms with Crippen LogP contribution in [-0.4, -0.2) is 26.3 Å². The molecule has 0 aliphatic heterocycles. The number of aromatic nitrogens is 3. The van der Waals surface area contributed by atoms with E-state index < -0.39 is 5.97 Å². The second-order valence-corrected chi connectivity index (χ2v) is 1.71. The van der Waals surface area contributed by atoms with Gasteiger partial charge in [0, 0.05) is 6.08 Å². The van der Waals surface area contributed by atoms with Crippen molar-refractivity contribution in [3.63, 3.8) is 0 Å². The largest absolute Gasteiger partial charge is 0.478 e. The van der Waals surface area contributed by atoms with Gasteiger partial charge in [-0.05, 0) is 6.08 Å². The van der Waals surface area contributed by atoms with E-state index in [0.29, 0.717) is 5.69 Å². The van der Waals surface area contributed by atoms with Crippen LogP contribution in [0.3, 0.4) is 0 Å². The Balaban J connectivity index is 2.72. The normalized spacial score (nSPS) is 10.2. The standard InChI is InChI=1S/C6H5N3O2/c10-6(11)2-1-5-3-7-4-8-9-5/h1-4H,(H,10,11). The Morgan fingerprint density at radius 1 is 1.64 bits per heavy atom. The highest BCUT2D eigenvalue weighted by atomic mass is 16.4. The van der Waals surface area contributed by atoms with E-state index in [1.807, 2.05) is 0 Å². The van der Waals surface area contributed by atoms with E-state index in [0.717, 1.165) is 6.08 Å². The number of rotatable bonds is 2. The predicted molar refractivity (Wildman–Crippen MR) is 36.5 cm³/mol. The fourth-order valence-corrected chi connectivity index (χ4v) is 0.491. The van der Waals surface area contributed by atoms with Gasteiger partial charge in [0.05, 0.1) is 6.20 Å². The molecule has 0 unspecified atom stereocenters. The van der Waals surface area contributed by atoms with Gasteiger partial charge in [0.15, 0.2) is 0 Å². The van der Waals surface area contributed by atoms with Gasteiger partial charge < -0.3 is 5.11 Å². The zero-order chi connectivity index (χ0) is 8.10. The lowest BCUT2D eigenvalue weighted by atomic mass is 10.4. The van der Waals surface area contributed by atoms with Crippen molar-refractivity contribution in [3.05, 3.63) is 24.3 Å². The molecule has 1 aromatic heterocycles. The lowest BCUT2D eigenvalue weighted by Crippen LogP contribution is -1.89. The van der Waals surface area contributed by atoms with E-state index in [4.69, 9.17) is 5.11 Å². The smallest absolute Gasteiger partial charge is 0.328 e. The first-order valence-electron chi connectivity index (χ1n) is 2.83. The number of carboxylic acid groups (broad SMARTS) is 1. The minimum Gasteiger partial charge on any atom is -0.478 e. The highest BCUT2D eigenvalue weighted by Gasteiger charge is 1.88. The fourth-order valence-electron chi connectivity index (χ4n) is 0.491. The number of carboxylic acids is 1. The number of nitrogens with zero attached hydrogens (tertiary/aromatic N) is 3. The summed E-state index contributed by atoms with van der Waals surface area (Å²) in [5.74, 6) is -1.02. The average molecular weight is 151 g/mol. The van der Waals surface area contributed by atoms with Crippen molar-refractivity contribution < 1.29 is 9.90 Å². The molecule has 0 aliphatic rings. The molecule has 0 saturated heterocycles. The number of hydrogen-bond donors (Lipinski definition) is 1. The quantitative estimate of drug-likeness (QED) is 0.600. The number of aliphatic carboxylic acids is 1. The van der Waals surface area contributed by atoms with E-state index in [-0.39, 0.29) is 0 Å². The minimum absolute atomic E-state index is 0.426.